The molecule has 8 aliphatic carbocycles. The Bertz CT molecular complexity index is 1490. The lowest BCUT2D eigenvalue weighted by Gasteiger charge is -2.60. The van der Waals surface area contributed by atoms with Crippen LogP contribution in [0.5, 0.6) is 0 Å². The zero-order valence-electron chi connectivity index (χ0n) is 26.5. The van der Waals surface area contributed by atoms with Gasteiger partial charge in [-0.15, -0.1) is 0 Å². The lowest BCUT2D eigenvalue weighted by Crippen LogP contribution is -2.61. The average molecular weight is 621 g/mol. The fourth-order valence-corrected chi connectivity index (χ4v) is 12.3. The van der Waals surface area contributed by atoms with E-state index in [2.05, 4.69) is 21.3 Å². The molecule has 2 aromatic carbocycles. The van der Waals surface area contributed by atoms with Gasteiger partial charge in [-0.25, -0.2) is 0 Å². The van der Waals surface area contributed by atoms with Crippen LogP contribution in [0.4, 0.5) is 11.4 Å². The first-order valence-corrected chi connectivity index (χ1v) is 17.5. The van der Waals surface area contributed by atoms with Crippen LogP contribution in [0.3, 0.4) is 0 Å². The standard InChI is InChI=1S/C38H44N4O4/c43-31-35-11-25-9-26(12-35)14-36(13-25,21-35)32(44)40-20-24-3-7-30(8-4-24)42-34(46)38-17-27-10-28(18-38)16-37(15-27,22-38)33(45)41-29-5-1-23(2-6-29)19-39-31/h1-8,25-28H,9-22H2,(H,39,43)(H,40,44)(H,41,45)(H,42,46). The average Bonchev–Trinajstić information content (AvgIpc) is 3.02. The number of benzene rings is 2. The van der Waals surface area contributed by atoms with Gasteiger partial charge in [-0.05, 0) is 136 Å². The van der Waals surface area contributed by atoms with Crippen molar-refractivity contribution in [2.45, 2.75) is 90.1 Å². The summed E-state index contributed by atoms with van der Waals surface area (Å²) < 4.78 is 0. The van der Waals surface area contributed by atoms with Crippen LogP contribution < -0.4 is 21.3 Å². The molecule has 4 aliphatic heterocycles. The van der Waals surface area contributed by atoms with E-state index in [1.165, 1.54) is 0 Å². The summed E-state index contributed by atoms with van der Waals surface area (Å²) in [6.07, 6.45) is 10.3. The van der Waals surface area contributed by atoms with Crippen molar-refractivity contribution in [3.8, 4) is 0 Å². The first-order chi connectivity index (χ1) is 22.1. The number of hydrogen-bond acceptors (Lipinski definition) is 4. The largest absolute Gasteiger partial charge is 0.352 e. The maximum Gasteiger partial charge on any atom is 0.230 e. The zero-order chi connectivity index (χ0) is 31.3. The molecule has 8 fully saturated rings. The van der Waals surface area contributed by atoms with E-state index in [0.29, 0.717) is 49.6 Å². The number of hydrogen-bond donors (Lipinski definition) is 4. The van der Waals surface area contributed by atoms with Crippen molar-refractivity contribution in [1.29, 1.82) is 0 Å². The highest BCUT2D eigenvalue weighted by Crippen LogP contribution is 2.67. The lowest BCUT2D eigenvalue weighted by atomic mass is 9.43. The van der Waals surface area contributed by atoms with Gasteiger partial charge in [-0.1, -0.05) is 24.3 Å². The number of amides is 4. The Morgan fingerprint density at radius 1 is 0.435 bits per heavy atom. The van der Waals surface area contributed by atoms with Crippen LogP contribution in [-0.2, 0) is 32.3 Å². The fraction of sp³-hybridized carbons (Fsp3) is 0.579. The Morgan fingerprint density at radius 3 is 1.07 bits per heavy atom. The summed E-state index contributed by atoms with van der Waals surface area (Å²) in [5.41, 5.74) is 1.42. The molecule has 4 spiro atoms. The molecule has 0 atom stereocenters. The number of nitrogens with one attached hydrogen (secondary N) is 4. The maximum absolute atomic E-state index is 14.0. The molecule has 0 aromatic heterocycles. The van der Waals surface area contributed by atoms with Gasteiger partial charge in [0.05, 0.1) is 21.7 Å². The minimum Gasteiger partial charge on any atom is -0.352 e. The van der Waals surface area contributed by atoms with Crippen molar-refractivity contribution in [3.63, 3.8) is 0 Å². The van der Waals surface area contributed by atoms with E-state index in [1.807, 2.05) is 48.5 Å². The van der Waals surface area contributed by atoms with Gasteiger partial charge < -0.3 is 21.3 Å². The summed E-state index contributed by atoms with van der Waals surface area (Å²) in [6, 6.07) is 15.6. The zero-order valence-corrected chi connectivity index (χ0v) is 26.5. The van der Waals surface area contributed by atoms with Gasteiger partial charge >= 0.3 is 0 Å². The number of rotatable bonds is 0. The molecule has 46 heavy (non-hydrogen) atoms. The molecule has 8 saturated carbocycles. The summed E-state index contributed by atoms with van der Waals surface area (Å²) >= 11 is 0. The van der Waals surface area contributed by atoms with Crippen LogP contribution in [0.2, 0.25) is 0 Å². The second-order valence-corrected chi connectivity index (χ2v) is 16.7. The Hall–Kier alpha value is -3.68. The molecule has 0 unspecified atom stereocenters. The SMILES string of the molecule is O=C1NCc2ccc(cc2)NC(=O)C23CC4CC(C2)CC(C4)(C3)C(=O)Nc2ccc(cc2)CNC(=O)C23CC4CC(CC1(C4)C2)C3. The van der Waals surface area contributed by atoms with Gasteiger partial charge in [-0.3, -0.25) is 19.2 Å². The second kappa shape index (κ2) is 9.91. The van der Waals surface area contributed by atoms with Gasteiger partial charge in [0.2, 0.25) is 23.6 Å². The molecule has 8 nitrogen and oxygen atoms in total. The van der Waals surface area contributed by atoms with E-state index >= 15 is 0 Å². The first-order valence-electron chi connectivity index (χ1n) is 17.5. The van der Waals surface area contributed by atoms with Crippen LogP contribution >= 0.6 is 0 Å². The molecule has 12 bridgehead atoms. The molecule has 8 heteroatoms. The predicted octanol–water partition coefficient (Wildman–Crippen LogP) is 5.68. The summed E-state index contributed by atoms with van der Waals surface area (Å²) in [6.45, 7) is 0.842. The molecular weight excluding hydrogens is 576 g/mol. The maximum atomic E-state index is 14.0. The monoisotopic (exact) mass is 620 g/mol. The molecule has 0 saturated heterocycles. The van der Waals surface area contributed by atoms with E-state index < -0.39 is 21.7 Å². The highest BCUT2D eigenvalue weighted by molar-refractivity contribution is 5.99. The third kappa shape index (κ3) is 4.45. The second-order valence-electron chi connectivity index (χ2n) is 16.7. The van der Waals surface area contributed by atoms with E-state index in [9.17, 15) is 19.2 Å². The third-order valence-electron chi connectivity index (χ3n) is 13.4. The van der Waals surface area contributed by atoms with Gasteiger partial charge in [-0.2, -0.15) is 0 Å². The Balaban J connectivity index is 1.03. The summed E-state index contributed by atoms with van der Waals surface area (Å²) in [4.78, 5) is 55.8. The number of carbonyl (C=O) groups excluding carboxylic acids is 4. The molecule has 4 amide bonds. The summed E-state index contributed by atoms with van der Waals surface area (Å²) in [5.74, 6) is 1.83. The molecule has 4 heterocycles. The molecular formula is C38H44N4O4. The number of carbonyl (C=O) groups is 4. The molecule has 240 valence electrons. The molecule has 12 aliphatic rings. The number of anilines is 2. The van der Waals surface area contributed by atoms with Crippen LogP contribution in [0.15, 0.2) is 48.5 Å². The minimum absolute atomic E-state index is 0.0384. The normalized spacial score (nSPS) is 41.0. The minimum atomic E-state index is -0.529. The van der Waals surface area contributed by atoms with Crippen molar-refractivity contribution < 1.29 is 19.2 Å². The van der Waals surface area contributed by atoms with Gasteiger partial charge in [0.15, 0.2) is 0 Å². The first kappa shape index (κ1) is 28.5. The van der Waals surface area contributed by atoms with Crippen molar-refractivity contribution in [2.24, 2.45) is 45.3 Å². The van der Waals surface area contributed by atoms with Crippen molar-refractivity contribution >= 4 is 35.0 Å². The van der Waals surface area contributed by atoms with Crippen molar-refractivity contribution in [2.75, 3.05) is 10.6 Å². The van der Waals surface area contributed by atoms with Crippen molar-refractivity contribution in [1.82, 2.24) is 10.6 Å². The summed E-state index contributed by atoms with van der Waals surface area (Å²) in [5, 5.41) is 12.9. The van der Waals surface area contributed by atoms with Gasteiger partial charge in [0.1, 0.15) is 0 Å². The highest BCUT2D eigenvalue weighted by atomic mass is 16.2. The van der Waals surface area contributed by atoms with Gasteiger partial charge in [0.25, 0.3) is 0 Å². The molecule has 2 aromatic rings. The highest BCUT2D eigenvalue weighted by Gasteiger charge is 2.64. The van der Waals surface area contributed by atoms with Crippen LogP contribution in [0.25, 0.3) is 0 Å². The van der Waals surface area contributed by atoms with Crippen LogP contribution in [0.1, 0.15) is 88.2 Å². The molecule has 0 radical (unpaired) electrons. The van der Waals surface area contributed by atoms with Crippen LogP contribution in [0, 0.1) is 45.3 Å². The third-order valence-corrected chi connectivity index (χ3v) is 13.4. The molecule has 4 N–H and O–H groups in total. The fourth-order valence-electron chi connectivity index (χ4n) is 12.3. The topological polar surface area (TPSA) is 116 Å². The van der Waals surface area contributed by atoms with E-state index in [-0.39, 0.29) is 23.6 Å². The van der Waals surface area contributed by atoms with E-state index in [4.69, 9.17) is 0 Å². The smallest absolute Gasteiger partial charge is 0.230 e. The van der Waals surface area contributed by atoms with Crippen molar-refractivity contribution in [3.05, 3.63) is 59.7 Å². The Kier molecular flexibility index (Phi) is 6.15. The Morgan fingerprint density at radius 2 is 0.739 bits per heavy atom. The van der Waals surface area contributed by atoms with Crippen LogP contribution in [-0.4, -0.2) is 23.6 Å². The molecule has 14 rings (SSSR count). The van der Waals surface area contributed by atoms with Gasteiger partial charge in [0, 0.05) is 24.5 Å². The lowest BCUT2D eigenvalue weighted by molar-refractivity contribution is -0.167. The van der Waals surface area contributed by atoms with E-state index in [1.54, 1.807) is 0 Å². The quantitative estimate of drug-likeness (QED) is 0.303. The predicted molar refractivity (Wildman–Crippen MR) is 173 cm³/mol. The Labute approximate surface area is 270 Å². The summed E-state index contributed by atoms with van der Waals surface area (Å²) in [7, 11) is 0. The van der Waals surface area contributed by atoms with E-state index in [0.717, 1.165) is 86.7 Å².